The fourth-order valence-corrected chi connectivity index (χ4v) is 5.42. The van der Waals surface area contributed by atoms with Gasteiger partial charge in [0.25, 0.3) is 5.91 Å². The van der Waals surface area contributed by atoms with E-state index in [4.69, 9.17) is 21.1 Å². The molecular formula is C29H37ClN2O4. The van der Waals surface area contributed by atoms with Crippen molar-refractivity contribution < 1.29 is 19.1 Å². The fourth-order valence-electron chi connectivity index (χ4n) is 5.29. The van der Waals surface area contributed by atoms with Gasteiger partial charge in [-0.1, -0.05) is 36.7 Å². The van der Waals surface area contributed by atoms with Gasteiger partial charge in [0.15, 0.2) is 11.5 Å². The molecule has 1 atom stereocenters. The predicted molar refractivity (Wildman–Crippen MR) is 142 cm³/mol. The number of carbonyl (C=O) groups excluding carboxylic acids is 2. The summed E-state index contributed by atoms with van der Waals surface area (Å²) in [6.45, 7) is 6.75. The average molecular weight is 513 g/mol. The summed E-state index contributed by atoms with van der Waals surface area (Å²) in [5.41, 5.74) is 1.81. The van der Waals surface area contributed by atoms with Crippen molar-refractivity contribution in [2.75, 3.05) is 20.2 Å². The first-order chi connectivity index (χ1) is 17.3. The number of rotatable bonds is 8. The number of benzene rings is 2. The summed E-state index contributed by atoms with van der Waals surface area (Å²) in [6.07, 6.45) is 4.69. The molecule has 2 amide bonds. The Morgan fingerprint density at radius 1 is 1.00 bits per heavy atom. The number of methoxy groups -OCH3 is 1. The normalized spacial score (nSPS) is 22.8. The first-order valence-electron chi connectivity index (χ1n) is 13.0. The van der Waals surface area contributed by atoms with E-state index in [9.17, 15) is 9.59 Å². The van der Waals surface area contributed by atoms with Gasteiger partial charge >= 0.3 is 0 Å². The maximum absolute atomic E-state index is 14.0. The second-order valence-corrected chi connectivity index (χ2v) is 10.8. The molecule has 1 unspecified atom stereocenters. The largest absolute Gasteiger partial charge is 0.493 e. The van der Waals surface area contributed by atoms with Crippen LogP contribution < -0.4 is 9.47 Å². The monoisotopic (exact) mass is 512 g/mol. The summed E-state index contributed by atoms with van der Waals surface area (Å²) in [4.78, 5) is 31.1. The molecule has 194 valence electrons. The average Bonchev–Trinajstić information content (AvgIpc) is 2.86. The molecule has 1 heterocycles. The number of hydrogen-bond acceptors (Lipinski definition) is 4. The van der Waals surface area contributed by atoms with Crippen LogP contribution in [0, 0.1) is 5.92 Å². The second kappa shape index (κ2) is 11.5. The van der Waals surface area contributed by atoms with Gasteiger partial charge in [-0.25, -0.2) is 0 Å². The third kappa shape index (κ3) is 5.97. The van der Waals surface area contributed by atoms with Gasteiger partial charge < -0.3 is 19.3 Å². The SMILES string of the molecule is COc1cc(C2C(=O)N(C3CCC(C)CC3)CC(=O)N2CCc2ccc(Cl)cc2)ccc1OC(C)C. The van der Waals surface area contributed by atoms with Crippen molar-refractivity contribution in [3.63, 3.8) is 0 Å². The molecule has 0 radical (unpaired) electrons. The second-order valence-electron chi connectivity index (χ2n) is 10.3. The molecule has 2 aromatic rings. The highest BCUT2D eigenvalue weighted by atomic mass is 35.5. The lowest BCUT2D eigenvalue weighted by molar-refractivity contribution is -0.159. The summed E-state index contributed by atoms with van der Waals surface area (Å²) in [7, 11) is 1.59. The predicted octanol–water partition coefficient (Wildman–Crippen LogP) is 5.67. The number of halogens is 1. The standard InChI is InChI=1S/C29H37ClN2O4/c1-19(2)36-25-14-9-22(17-26(25)35-4)28-29(34)32(24-12-5-20(3)6-13-24)18-27(33)31(28)16-15-21-7-10-23(30)11-8-21/h7-11,14,17,19-20,24,28H,5-6,12-13,15-16,18H2,1-4H3. The van der Waals surface area contributed by atoms with Crippen molar-refractivity contribution in [1.29, 1.82) is 0 Å². The zero-order chi connectivity index (χ0) is 25.8. The van der Waals surface area contributed by atoms with Crippen LogP contribution in [0.3, 0.4) is 0 Å². The van der Waals surface area contributed by atoms with E-state index in [1.54, 1.807) is 12.0 Å². The fraction of sp³-hybridized carbons (Fsp3) is 0.517. The number of piperazine rings is 1. The number of nitrogens with zero attached hydrogens (tertiary/aromatic N) is 2. The molecule has 0 spiro atoms. The highest BCUT2D eigenvalue weighted by Gasteiger charge is 2.43. The Morgan fingerprint density at radius 3 is 2.33 bits per heavy atom. The van der Waals surface area contributed by atoms with Crippen LogP contribution in [0.4, 0.5) is 0 Å². The minimum Gasteiger partial charge on any atom is -0.493 e. The van der Waals surface area contributed by atoms with Crippen molar-refractivity contribution in [3.05, 3.63) is 58.6 Å². The summed E-state index contributed by atoms with van der Waals surface area (Å²) >= 11 is 6.04. The van der Waals surface area contributed by atoms with Crippen LogP contribution in [0.1, 0.15) is 63.6 Å². The first kappa shape index (κ1) is 26.3. The van der Waals surface area contributed by atoms with Crippen LogP contribution in [-0.2, 0) is 16.0 Å². The molecule has 0 bridgehead atoms. The first-order valence-corrected chi connectivity index (χ1v) is 13.3. The van der Waals surface area contributed by atoms with Gasteiger partial charge in [0.05, 0.1) is 13.2 Å². The lowest BCUT2D eigenvalue weighted by atomic mass is 9.85. The van der Waals surface area contributed by atoms with Gasteiger partial charge in [-0.3, -0.25) is 9.59 Å². The lowest BCUT2D eigenvalue weighted by Gasteiger charge is -2.45. The maximum Gasteiger partial charge on any atom is 0.250 e. The van der Waals surface area contributed by atoms with Gasteiger partial charge in [0.2, 0.25) is 5.91 Å². The third-order valence-electron chi connectivity index (χ3n) is 7.30. The highest BCUT2D eigenvalue weighted by Crippen LogP contribution is 2.37. The van der Waals surface area contributed by atoms with E-state index >= 15 is 0 Å². The zero-order valence-electron chi connectivity index (χ0n) is 21.7. The van der Waals surface area contributed by atoms with Gasteiger partial charge in [-0.2, -0.15) is 0 Å². The Hall–Kier alpha value is -2.73. The van der Waals surface area contributed by atoms with E-state index in [2.05, 4.69) is 6.92 Å². The summed E-state index contributed by atoms with van der Waals surface area (Å²) in [5.74, 6) is 1.82. The molecule has 1 aliphatic heterocycles. The molecule has 36 heavy (non-hydrogen) atoms. The Labute approximate surface area is 219 Å². The van der Waals surface area contributed by atoms with Crippen molar-refractivity contribution in [1.82, 2.24) is 9.80 Å². The van der Waals surface area contributed by atoms with Crippen LogP contribution >= 0.6 is 11.6 Å². The van der Waals surface area contributed by atoms with Crippen molar-refractivity contribution >= 4 is 23.4 Å². The Balaban J connectivity index is 1.65. The topological polar surface area (TPSA) is 59.1 Å². The van der Waals surface area contributed by atoms with Crippen molar-refractivity contribution in [2.24, 2.45) is 5.92 Å². The summed E-state index contributed by atoms with van der Waals surface area (Å²) < 4.78 is 11.5. The number of carbonyl (C=O) groups is 2. The number of hydrogen-bond donors (Lipinski definition) is 0. The smallest absolute Gasteiger partial charge is 0.250 e. The quantitative estimate of drug-likeness (QED) is 0.457. The molecule has 6 nitrogen and oxygen atoms in total. The number of amides is 2. The molecule has 0 N–H and O–H groups in total. The van der Waals surface area contributed by atoms with E-state index in [0.29, 0.717) is 35.4 Å². The van der Waals surface area contributed by atoms with Gasteiger partial charge in [0, 0.05) is 17.6 Å². The van der Waals surface area contributed by atoms with Crippen LogP contribution in [0.25, 0.3) is 0 Å². The Bertz CT molecular complexity index is 1060. The van der Waals surface area contributed by atoms with Gasteiger partial charge in [0.1, 0.15) is 12.6 Å². The molecule has 2 aromatic carbocycles. The van der Waals surface area contributed by atoms with Crippen LogP contribution in [0.15, 0.2) is 42.5 Å². The third-order valence-corrected chi connectivity index (χ3v) is 7.55. The molecule has 1 saturated carbocycles. The maximum atomic E-state index is 14.0. The molecule has 1 saturated heterocycles. The van der Waals surface area contributed by atoms with E-state index in [0.717, 1.165) is 36.8 Å². The molecule has 7 heteroatoms. The lowest BCUT2D eigenvalue weighted by Crippen LogP contribution is -2.59. The zero-order valence-corrected chi connectivity index (χ0v) is 22.5. The molecule has 1 aliphatic carbocycles. The van der Waals surface area contributed by atoms with Gasteiger partial charge in [-0.05, 0) is 87.3 Å². The minimum atomic E-state index is -0.695. The molecular weight excluding hydrogens is 476 g/mol. The Kier molecular flexibility index (Phi) is 8.45. The van der Waals surface area contributed by atoms with Crippen molar-refractivity contribution in [2.45, 2.75) is 71.1 Å². The van der Waals surface area contributed by atoms with E-state index in [1.807, 2.05) is 61.2 Å². The van der Waals surface area contributed by atoms with Crippen molar-refractivity contribution in [3.8, 4) is 11.5 Å². The highest BCUT2D eigenvalue weighted by molar-refractivity contribution is 6.30. The van der Waals surface area contributed by atoms with E-state index in [-0.39, 0.29) is 30.5 Å². The van der Waals surface area contributed by atoms with Crippen LogP contribution in [0.5, 0.6) is 11.5 Å². The minimum absolute atomic E-state index is 0.00941. The number of ether oxygens (including phenoxy) is 2. The van der Waals surface area contributed by atoms with E-state index < -0.39 is 6.04 Å². The molecule has 2 fully saturated rings. The summed E-state index contributed by atoms with van der Waals surface area (Å²) in [6, 6.07) is 12.6. The molecule has 2 aliphatic rings. The van der Waals surface area contributed by atoms with Gasteiger partial charge in [-0.15, -0.1) is 0 Å². The molecule has 4 rings (SSSR count). The van der Waals surface area contributed by atoms with Crippen LogP contribution in [-0.4, -0.2) is 54.0 Å². The van der Waals surface area contributed by atoms with Crippen LogP contribution in [0.2, 0.25) is 5.02 Å². The summed E-state index contributed by atoms with van der Waals surface area (Å²) in [5, 5.41) is 0.675. The Morgan fingerprint density at radius 2 is 1.69 bits per heavy atom. The van der Waals surface area contributed by atoms with E-state index in [1.165, 1.54) is 0 Å². The molecule has 0 aromatic heterocycles.